The molecule has 0 spiro atoms. The molecule has 0 amide bonds. The molecule has 0 fully saturated rings. The van der Waals surface area contributed by atoms with E-state index in [4.69, 9.17) is 10.2 Å². The predicted octanol–water partition coefficient (Wildman–Crippen LogP) is 3.46. The molecule has 4 heteroatoms. The number of nitrogens with two attached hydrogens (primary N) is 1. The van der Waals surface area contributed by atoms with Crippen molar-refractivity contribution in [1.82, 2.24) is 0 Å². The average Bonchev–Trinajstić information content (AvgIpc) is 2.73. The van der Waals surface area contributed by atoms with Gasteiger partial charge in [0.2, 0.25) is 0 Å². The Labute approximate surface area is 94.9 Å². The van der Waals surface area contributed by atoms with E-state index in [9.17, 15) is 0 Å². The van der Waals surface area contributed by atoms with Crippen molar-refractivity contribution in [2.75, 3.05) is 0 Å². The molecule has 74 valence electrons. The van der Waals surface area contributed by atoms with Crippen LogP contribution in [0.3, 0.4) is 0 Å². The maximum absolute atomic E-state index is 6.07. The summed E-state index contributed by atoms with van der Waals surface area (Å²) in [6.45, 7) is 2.08. The van der Waals surface area contributed by atoms with Gasteiger partial charge in [-0.2, -0.15) is 0 Å². The van der Waals surface area contributed by atoms with E-state index in [1.165, 1.54) is 4.88 Å². The van der Waals surface area contributed by atoms with Crippen molar-refractivity contribution in [3.05, 3.63) is 44.4 Å². The van der Waals surface area contributed by atoms with Crippen LogP contribution in [0.4, 0.5) is 0 Å². The van der Waals surface area contributed by atoms with Crippen LogP contribution in [-0.4, -0.2) is 0 Å². The molecule has 0 aromatic carbocycles. The first-order chi connectivity index (χ1) is 6.66. The number of halogens is 1. The highest BCUT2D eigenvalue weighted by atomic mass is 79.9. The molecule has 0 aliphatic heterocycles. The van der Waals surface area contributed by atoms with Crippen molar-refractivity contribution in [3.8, 4) is 0 Å². The first kappa shape index (κ1) is 9.96. The molecule has 1 atom stereocenters. The lowest BCUT2D eigenvalue weighted by Crippen LogP contribution is -2.09. The molecular formula is C10H10BrNOS. The summed E-state index contributed by atoms with van der Waals surface area (Å²) >= 11 is 4.97. The highest BCUT2D eigenvalue weighted by Gasteiger charge is 2.12. The Hall–Kier alpha value is -0.580. The van der Waals surface area contributed by atoms with E-state index < -0.39 is 0 Å². The molecule has 0 aliphatic carbocycles. The molecule has 2 aromatic rings. The van der Waals surface area contributed by atoms with Crippen LogP contribution in [-0.2, 0) is 0 Å². The van der Waals surface area contributed by atoms with E-state index in [-0.39, 0.29) is 6.04 Å². The van der Waals surface area contributed by atoms with Gasteiger partial charge in [0.05, 0.1) is 12.3 Å². The Morgan fingerprint density at radius 1 is 1.43 bits per heavy atom. The van der Waals surface area contributed by atoms with E-state index >= 15 is 0 Å². The smallest absolute Gasteiger partial charge is 0.169 e. The summed E-state index contributed by atoms with van der Waals surface area (Å²) < 4.78 is 5.87. The van der Waals surface area contributed by atoms with Gasteiger partial charge in [0.15, 0.2) is 4.67 Å². The van der Waals surface area contributed by atoms with E-state index in [0.717, 1.165) is 15.8 Å². The zero-order valence-corrected chi connectivity index (χ0v) is 10.1. The summed E-state index contributed by atoms with van der Waals surface area (Å²) in [4.78, 5) is 1.28. The molecule has 2 heterocycles. The van der Waals surface area contributed by atoms with Crippen molar-refractivity contribution in [2.24, 2.45) is 5.73 Å². The van der Waals surface area contributed by atoms with Gasteiger partial charge in [0.25, 0.3) is 0 Å². The van der Waals surface area contributed by atoms with E-state index in [1.54, 1.807) is 17.6 Å². The molecule has 14 heavy (non-hydrogen) atoms. The van der Waals surface area contributed by atoms with E-state index in [0.29, 0.717) is 0 Å². The van der Waals surface area contributed by atoms with E-state index in [2.05, 4.69) is 34.3 Å². The standard InChI is InChI=1S/C10H10BrNOS/c1-6-2-8(5-14-6)10(12)7-3-9(11)13-4-7/h2-5,10H,12H2,1H3. The lowest BCUT2D eigenvalue weighted by atomic mass is 10.1. The van der Waals surface area contributed by atoms with Gasteiger partial charge >= 0.3 is 0 Å². The first-order valence-corrected chi connectivity index (χ1v) is 5.88. The van der Waals surface area contributed by atoms with Gasteiger partial charge in [0.1, 0.15) is 0 Å². The Morgan fingerprint density at radius 3 is 2.71 bits per heavy atom. The third-order valence-electron chi connectivity index (χ3n) is 2.06. The number of aryl methyl sites for hydroxylation is 1. The lowest BCUT2D eigenvalue weighted by molar-refractivity contribution is 0.537. The van der Waals surface area contributed by atoms with Gasteiger partial charge in [0, 0.05) is 10.4 Å². The third kappa shape index (κ3) is 1.92. The summed E-state index contributed by atoms with van der Waals surface area (Å²) in [5.74, 6) is 0. The molecule has 0 saturated heterocycles. The molecule has 0 radical (unpaired) electrons. The maximum Gasteiger partial charge on any atom is 0.169 e. The van der Waals surface area contributed by atoms with Gasteiger partial charge in [-0.25, -0.2) is 0 Å². The van der Waals surface area contributed by atoms with Crippen LogP contribution in [0.2, 0.25) is 0 Å². The van der Waals surface area contributed by atoms with Gasteiger partial charge in [-0.15, -0.1) is 11.3 Å². The summed E-state index contributed by atoms with van der Waals surface area (Å²) in [6.07, 6.45) is 1.68. The van der Waals surface area contributed by atoms with Gasteiger partial charge in [-0.3, -0.25) is 0 Å². The van der Waals surface area contributed by atoms with Crippen LogP contribution in [0, 0.1) is 6.92 Å². The molecule has 0 saturated carbocycles. The topological polar surface area (TPSA) is 39.2 Å². The van der Waals surface area contributed by atoms with Crippen molar-refractivity contribution < 1.29 is 4.42 Å². The van der Waals surface area contributed by atoms with Gasteiger partial charge < -0.3 is 10.2 Å². The quantitative estimate of drug-likeness (QED) is 0.909. The summed E-state index contributed by atoms with van der Waals surface area (Å²) in [5.41, 5.74) is 8.20. The van der Waals surface area contributed by atoms with Crippen molar-refractivity contribution in [2.45, 2.75) is 13.0 Å². The van der Waals surface area contributed by atoms with Crippen LogP contribution in [0.1, 0.15) is 22.0 Å². The minimum Gasteiger partial charge on any atom is -0.457 e. The number of furan rings is 1. The predicted molar refractivity (Wildman–Crippen MR) is 61.5 cm³/mol. The van der Waals surface area contributed by atoms with Crippen LogP contribution in [0.15, 0.2) is 32.9 Å². The SMILES string of the molecule is Cc1cc(C(N)c2coc(Br)c2)cs1. The largest absolute Gasteiger partial charge is 0.457 e. The second kappa shape index (κ2) is 3.88. The summed E-state index contributed by atoms with van der Waals surface area (Å²) in [7, 11) is 0. The Bertz CT molecular complexity index is 395. The number of rotatable bonds is 2. The molecule has 0 bridgehead atoms. The molecule has 2 rings (SSSR count). The lowest BCUT2D eigenvalue weighted by Gasteiger charge is -2.05. The second-order valence-electron chi connectivity index (χ2n) is 3.15. The monoisotopic (exact) mass is 271 g/mol. The molecule has 2 aromatic heterocycles. The Kier molecular flexibility index (Phi) is 2.76. The zero-order chi connectivity index (χ0) is 10.1. The average molecular weight is 272 g/mol. The molecule has 1 unspecified atom stereocenters. The molecule has 2 N–H and O–H groups in total. The van der Waals surface area contributed by atoms with Crippen LogP contribution in [0.25, 0.3) is 0 Å². The second-order valence-corrected chi connectivity index (χ2v) is 5.05. The minimum atomic E-state index is -0.0880. The third-order valence-corrected chi connectivity index (χ3v) is 3.35. The number of thiophene rings is 1. The molecular weight excluding hydrogens is 262 g/mol. The van der Waals surface area contributed by atoms with Crippen LogP contribution < -0.4 is 5.73 Å². The number of hydrogen-bond acceptors (Lipinski definition) is 3. The van der Waals surface area contributed by atoms with Crippen molar-refractivity contribution in [3.63, 3.8) is 0 Å². The zero-order valence-electron chi connectivity index (χ0n) is 7.66. The van der Waals surface area contributed by atoms with Crippen molar-refractivity contribution >= 4 is 27.3 Å². The first-order valence-electron chi connectivity index (χ1n) is 4.21. The minimum absolute atomic E-state index is 0.0880. The van der Waals surface area contributed by atoms with Crippen molar-refractivity contribution in [1.29, 1.82) is 0 Å². The van der Waals surface area contributed by atoms with Gasteiger partial charge in [-0.1, -0.05) is 0 Å². The Morgan fingerprint density at radius 2 is 2.21 bits per heavy atom. The Balaban J connectivity index is 2.28. The highest BCUT2D eigenvalue weighted by molar-refractivity contribution is 9.10. The maximum atomic E-state index is 6.07. The fourth-order valence-electron chi connectivity index (χ4n) is 1.31. The normalized spacial score (nSPS) is 13.1. The number of hydrogen-bond donors (Lipinski definition) is 1. The summed E-state index contributed by atoms with van der Waals surface area (Å²) in [6, 6.07) is 3.92. The molecule has 0 aliphatic rings. The highest BCUT2D eigenvalue weighted by Crippen LogP contribution is 2.26. The fraction of sp³-hybridized carbons (Fsp3) is 0.200. The molecule has 2 nitrogen and oxygen atoms in total. The van der Waals surface area contributed by atoms with Crippen LogP contribution in [0.5, 0.6) is 0 Å². The fourth-order valence-corrected chi connectivity index (χ4v) is 2.40. The van der Waals surface area contributed by atoms with Gasteiger partial charge in [-0.05, 0) is 45.9 Å². The van der Waals surface area contributed by atoms with Crippen LogP contribution >= 0.6 is 27.3 Å². The summed E-state index contributed by atoms with van der Waals surface area (Å²) in [5, 5.41) is 2.08. The van der Waals surface area contributed by atoms with E-state index in [1.807, 2.05) is 6.07 Å².